The second-order valence-corrected chi connectivity index (χ2v) is 6.81. The second-order valence-electron chi connectivity index (χ2n) is 6.81. The number of nitrogens with one attached hydrogen (secondary N) is 1. The molecule has 0 radical (unpaired) electrons. The highest BCUT2D eigenvalue weighted by atomic mass is 16.5. The quantitative estimate of drug-likeness (QED) is 0.433. The van der Waals surface area contributed by atoms with E-state index in [2.05, 4.69) is 5.32 Å². The van der Waals surface area contributed by atoms with E-state index >= 15 is 0 Å². The fourth-order valence-electron chi connectivity index (χ4n) is 2.15. The molecular formula is C17H32N2O5. The molecule has 0 heterocycles. The van der Waals surface area contributed by atoms with E-state index in [1.54, 1.807) is 0 Å². The van der Waals surface area contributed by atoms with Crippen LogP contribution in [0.5, 0.6) is 0 Å². The van der Waals surface area contributed by atoms with Gasteiger partial charge in [-0.15, -0.1) is 0 Å². The fourth-order valence-corrected chi connectivity index (χ4v) is 2.15. The summed E-state index contributed by atoms with van der Waals surface area (Å²) in [6.07, 6.45) is 1.47. The van der Waals surface area contributed by atoms with Crippen LogP contribution in [0.4, 0.5) is 0 Å². The Morgan fingerprint density at radius 3 is 1.88 bits per heavy atom. The molecule has 0 spiro atoms. The summed E-state index contributed by atoms with van der Waals surface area (Å²) in [5, 5.41) is 2.59. The van der Waals surface area contributed by atoms with Gasteiger partial charge in [0.05, 0.1) is 13.2 Å². The van der Waals surface area contributed by atoms with Gasteiger partial charge in [-0.2, -0.15) is 0 Å². The molecule has 7 heteroatoms. The summed E-state index contributed by atoms with van der Waals surface area (Å²) in [6, 6.07) is -1.27. The Labute approximate surface area is 144 Å². The van der Waals surface area contributed by atoms with Crippen LogP contribution in [0.15, 0.2) is 0 Å². The highest BCUT2D eigenvalue weighted by Gasteiger charge is 2.22. The molecule has 0 fully saturated rings. The third-order valence-electron chi connectivity index (χ3n) is 3.17. The van der Waals surface area contributed by atoms with Crippen molar-refractivity contribution in [3.8, 4) is 0 Å². The molecule has 7 nitrogen and oxygen atoms in total. The molecule has 140 valence electrons. The van der Waals surface area contributed by atoms with Crippen molar-refractivity contribution in [1.29, 1.82) is 0 Å². The van der Waals surface area contributed by atoms with Crippen molar-refractivity contribution in [2.24, 2.45) is 17.6 Å². The molecule has 0 rings (SSSR count). The minimum absolute atomic E-state index is 0.125. The molecule has 0 aliphatic rings. The zero-order valence-electron chi connectivity index (χ0n) is 15.5. The summed E-state index contributed by atoms with van der Waals surface area (Å²) in [5.74, 6) is -0.615. The Morgan fingerprint density at radius 2 is 1.42 bits per heavy atom. The van der Waals surface area contributed by atoms with Crippen molar-refractivity contribution in [1.82, 2.24) is 5.32 Å². The van der Waals surface area contributed by atoms with E-state index in [0.29, 0.717) is 25.2 Å². The fraction of sp³-hybridized carbons (Fsp3) is 0.824. The molecule has 0 saturated heterocycles. The summed E-state index contributed by atoms with van der Waals surface area (Å²) in [6.45, 7) is 9.52. The van der Waals surface area contributed by atoms with Crippen LogP contribution in [0.1, 0.15) is 53.9 Å². The van der Waals surface area contributed by atoms with Gasteiger partial charge in [0.15, 0.2) is 0 Å². The molecule has 2 unspecified atom stereocenters. The maximum absolute atomic E-state index is 12.0. The van der Waals surface area contributed by atoms with E-state index in [4.69, 9.17) is 15.2 Å². The molecule has 24 heavy (non-hydrogen) atoms. The Balaban J connectivity index is 4.05. The molecule has 0 aromatic carbocycles. The average Bonchev–Trinajstić information content (AvgIpc) is 2.43. The number of ether oxygens (including phenoxy) is 2. The van der Waals surface area contributed by atoms with E-state index in [1.165, 1.54) is 6.92 Å². The molecular weight excluding hydrogens is 312 g/mol. The standard InChI is InChI=1S/C17H32N2O5/c1-11(2)9-14(18)16(21)23-7-6-8-24-17(22)15(10-12(3)4)19-13(5)20/h11-12,14-15H,6-10,18H2,1-5H3,(H,19,20). The van der Waals surface area contributed by atoms with Gasteiger partial charge in [0.25, 0.3) is 0 Å². The minimum Gasteiger partial charge on any atom is -0.464 e. The summed E-state index contributed by atoms with van der Waals surface area (Å²) in [4.78, 5) is 34.7. The van der Waals surface area contributed by atoms with Crippen LogP contribution in [-0.2, 0) is 23.9 Å². The van der Waals surface area contributed by atoms with Crippen LogP contribution in [0.25, 0.3) is 0 Å². The molecule has 0 aliphatic heterocycles. The molecule has 1 amide bonds. The smallest absolute Gasteiger partial charge is 0.328 e. The molecule has 0 aliphatic carbocycles. The lowest BCUT2D eigenvalue weighted by Crippen LogP contribution is -2.41. The Bertz CT molecular complexity index is 410. The maximum atomic E-state index is 12.0. The number of nitrogens with two attached hydrogens (primary N) is 1. The zero-order chi connectivity index (χ0) is 18.7. The molecule has 3 N–H and O–H groups in total. The SMILES string of the molecule is CC(=O)NC(CC(C)C)C(=O)OCCCOC(=O)C(N)CC(C)C. The van der Waals surface area contributed by atoms with Crippen LogP contribution in [-0.4, -0.2) is 43.1 Å². The van der Waals surface area contributed by atoms with E-state index in [9.17, 15) is 14.4 Å². The largest absolute Gasteiger partial charge is 0.464 e. The summed E-state index contributed by atoms with van der Waals surface area (Å²) >= 11 is 0. The first-order chi connectivity index (χ1) is 11.1. The van der Waals surface area contributed by atoms with Gasteiger partial charge >= 0.3 is 11.9 Å². The highest BCUT2D eigenvalue weighted by molar-refractivity contribution is 5.83. The van der Waals surface area contributed by atoms with Crippen molar-refractivity contribution in [2.45, 2.75) is 66.0 Å². The normalized spacial score (nSPS) is 13.5. The Morgan fingerprint density at radius 1 is 0.917 bits per heavy atom. The number of hydrogen-bond acceptors (Lipinski definition) is 6. The summed E-state index contributed by atoms with van der Waals surface area (Å²) in [5.41, 5.74) is 5.71. The third-order valence-corrected chi connectivity index (χ3v) is 3.17. The zero-order valence-corrected chi connectivity index (χ0v) is 15.5. The highest BCUT2D eigenvalue weighted by Crippen LogP contribution is 2.07. The van der Waals surface area contributed by atoms with Gasteiger partial charge in [-0.05, 0) is 24.7 Å². The number of esters is 2. The molecule has 0 saturated carbocycles. The van der Waals surface area contributed by atoms with E-state index in [-0.39, 0.29) is 25.0 Å². The molecule has 2 atom stereocenters. The first-order valence-corrected chi connectivity index (χ1v) is 8.49. The summed E-state index contributed by atoms with van der Waals surface area (Å²) < 4.78 is 10.2. The number of hydrogen-bond donors (Lipinski definition) is 2. The topological polar surface area (TPSA) is 108 Å². The Hall–Kier alpha value is -1.63. The number of amides is 1. The average molecular weight is 344 g/mol. The van der Waals surface area contributed by atoms with Crippen molar-refractivity contribution in [3.05, 3.63) is 0 Å². The lowest BCUT2D eigenvalue weighted by Gasteiger charge is -2.18. The Kier molecular flexibility index (Phi) is 11.0. The van der Waals surface area contributed by atoms with Crippen LogP contribution in [0.3, 0.4) is 0 Å². The first kappa shape index (κ1) is 22.4. The van der Waals surface area contributed by atoms with Gasteiger partial charge in [0, 0.05) is 13.3 Å². The monoisotopic (exact) mass is 344 g/mol. The van der Waals surface area contributed by atoms with Gasteiger partial charge < -0.3 is 20.5 Å². The van der Waals surface area contributed by atoms with Crippen LogP contribution in [0, 0.1) is 11.8 Å². The van der Waals surface area contributed by atoms with Crippen LogP contribution >= 0.6 is 0 Å². The molecule has 0 aromatic rings. The van der Waals surface area contributed by atoms with Gasteiger partial charge in [-0.1, -0.05) is 27.7 Å². The minimum atomic E-state index is -0.649. The van der Waals surface area contributed by atoms with Crippen molar-refractivity contribution in [3.63, 3.8) is 0 Å². The number of carbonyl (C=O) groups excluding carboxylic acids is 3. The molecule has 0 aromatic heterocycles. The van der Waals surface area contributed by atoms with Crippen LogP contribution in [0.2, 0.25) is 0 Å². The first-order valence-electron chi connectivity index (χ1n) is 8.49. The van der Waals surface area contributed by atoms with Crippen molar-refractivity contribution >= 4 is 17.8 Å². The van der Waals surface area contributed by atoms with Crippen molar-refractivity contribution < 1.29 is 23.9 Å². The maximum Gasteiger partial charge on any atom is 0.328 e. The van der Waals surface area contributed by atoms with E-state index in [0.717, 1.165) is 0 Å². The van der Waals surface area contributed by atoms with E-state index < -0.39 is 24.0 Å². The van der Waals surface area contributed by atoms with Gasteiger partial charge in [0.2, 0.25) is 5.91 Å². The van der Waals surface area contributed by atoms with Gasteiger partial charge in [0.1, 0.15) is 12.1 Å². The summed E-state index contributed by atoms with van der Waals surface area (Å²) in [7, 11) is 0. The molecule has 0 bridgehead atoms. The predicted molar refractivity (Wildman–Crippen MR) is 91.0 cm³/mol. The van der Waals surface area contributed by atoms with Crippen molar-refractivity contribution in [2.75, 3.05) is 13.2 Å². The number of carbonyl (C=O) groups is 3. The lowest BCUT2D eigenvalue weighted by molar-refractivity contribution is -0.150. The van der Waals surface area contributed by atoms with Gasteiger partial charge in [-0.3, -0.25) is 9.59 Å². The van der Waals surface area contributed by atoms with E-state index in [1.807, 2.05) is 27.7 Å². The predicted octanol–water partition coefficient (Wildman–Crippen LogP) is 1.39. The second kappa shape index (κ2) is 11.8. The van der Waals surface area contributed by atoms with Crippen LogP contribution < -0.4 is 11.1 Å². The lowest BCUT2D eigenvalue weighted by atomic mass is 10.0. The third kappa shape index (κ3) is 11.0. The van der Waals surface area contributed by atoms with Gasteiger partial charge in [-0.25, -0.2) is 4.79 Å². The number of rotatable bonds is 11.